The number of pyridine rings is 1. The van der Waals surface area contributed by atoms with E-state index in [1.54, 1.807) is 0 Å². The van der Waals surface area contributed by atoms with Crippen LogP contribution in [0.4, 0.5) is 22.0 Å². The Balaban J connectivity index is 3.50. The normalized spacial score (nSPS) is 11.7. The Kier molecular flexibility index (Phi) is 4.51. The summed E-state index contributed by atoms with van der Waals surface area (Å²) in [6, 6.07) is 0. The van der Waals surface area contributed by atoms with Gasteiger partial charge in [-0.2, -0.15) is 0 Å². The van der Waals surface area contributed by atoms with Crippen LogP contribution in [0.3, 0.4) is 0 Å². The molecule has 0 amide bonds. The Labute approximate surface area is 107 Å². The van der Waals surface area contributed by atoms with Gasteiger partial charge >= 0.3 is 12.3 Å². The minimum absolute atomic E-state index is 0.362. The Bertz CT molecular complexity index is 491. The molecule has 0 aliphatic heterocycles. The zero-order valence-corrected chi connectivity index (χ0v) is 9.60. The van der Waals surface area contributed by atoms with E-state index in [1.807, 2.05) is 0 Å². The Morgan fingerprint density at radius 2 is 2.05 bits per heavy atom. The maximum absolute atomic E-state index is 12.6. The van der Waals surface area contributed by atoms with Crippen LogP contribution in [-0.2, 0) is 5.88 Å². The summed E-state index contributed by atoms with van der Waals surface area (Å²) >= 11 is 5.27. The van der Waals surface area contributed by atoms with Gasteiger partial charge in [0.25, 0.3) is 6.43 Å². The van der Waals surface area contributed by atoms with Crippen LogP contribution in [0.1, 0.15) is 28.0 Å². The predicted octanol–water partition coefficient (Wildman–Crippen LogP) is 3.35. The molecule has 0 radical (unpaired) electrons. The molecular weight excluding hydrogens is 301 g/mol. The molecule has 0 saturated carbocycles. The molecule has 1 aromatic heterocycles. The third-order valence-corrected chi connectivity index (χ3v) is 2.22. The zero-order valence-electron chi connectivity index (χ0n) is 8.84. The highest BCUT2D eigenvalue weighted by Gasteiger charge is 2.36. The fourth-order valence-electron chi connectivity index (χ4n) is 1.25. The van der Waals surface area contributed by atoms with Gasteiger partial charge in [-0.15, -0.1) is 24.8 Å². The average Bonchev–Trinajstić information content (AvgIpc) is 2.25. The van der Waals surface area contributed by atoms with E-state index in [2.05, 4.69) is 9.72 Å². The summed E-state index contributed by atoms with van der Waals surface area (Å²) in [6.07, 6.45) is -8.10. The molecule has 1 aromatic rings. The van der Waals surface area contributed by atoms with E-state index in [4.69, 9.17) is 16.7 Å². The van der Waals surface area contributed by atoms with E-state index in [0.717, 1.165) is 0 Å². The Hall–Kier alpha value is -1.64. The first kappa shape index (κ1) is 15.4. The lowest BCUT2D eigenvalue weighted by Gasteiger charge is -2.16. The molecule has 1 rings (SSSR count). The fourth-order valence-corrected chi connectivity index (χ4v) is 1.51. The van der Waals surface area contributed by atoms with Crippen LogP contribution in [0.5, 0.6) is 5.75 Å². The van der Waals surface area contributed by atoms with Crippen molar-refractivity contribution in [2.75, 3.05) is 0 Å². The average molecular weight is 306 g/mol. The largest absolute Gasteiger partial charge is 0.573 e. The van der Waals surface area contributed by atoms with Gasteiger partial charge < -0.3 is 9.84 Å². The van der Waals surface area contributed by atoms with Gasteiger partial charge in [0.15, 0.2) is 5.75 Å². The second-order valence-corrected chi connectivity index (χ2v) is 3.42. The Morgan fingerprint density at radius 3 is 2.42 bits per heavy atom. The lowest BCUT2D eigenvalue weighted by molar-refractivity contribution is -0.275. The van der Waals surface area contributed by atoms with Gasteiger partial charge in [-0.25, -0.2) is 13.6 Å². The maximum atomic E-state index is 12.6. The molecule has 0 aromatic carbocycles. The minimum atomic E-state index is -5.24. The highest BCUT2D eigenvalue weighted by molar-refractivity contribution is 6.17. The van der Waals surface area contributed by atoms with Gasteiger partial charge in [0, 0.05) is 11.8 Å². The number of hydrogen-bond acceptors (Lipinski definition) is 3. The summed E-state index contributed by atoms with van der Waals surface area (Å²) in [4.78, 5) is 13.8. The highest BCUT2D eigenvalue weighted by atomic mass is 35.5. The molecular formula is C9H5ClF5NO3. The third-order valence-electron chi connectivity index (χ3n) is 1.95. The monoisotopic (exact) mass is 305 g/mol. The third kappa shape index (κ3) is 3.66. The summed E-state index contributed by atoms with van der Waals surface area (Å²) in [5.74, 6) is -3.89. The van der Waals surface area contributed by atoms with E-state index in [9.17, 15) is 26.7 Å². The number of aromatic carboxylic acids is 1. The summed E-state index contributed by atoms with van der Waals surface area (Å²) in [5.41, 5.74) is -2.87. The smallest absolute Gasteiger partial charge is 0.477 e. The molecule has 19 heavy (non-hydrogen) atoms. The summed E-state index contributed by atoms with van der Waals surface area (Å²) in [5, 5.41) is 8.69. The second kappa shape index (κ2) is 5.55. The molecule has 10 heteroatoms. The summed E-state index contributed by atoms with van der Waals surface area (Å²) in [6.45, 7) is 0. The van der Waals surface area contributed by atoms with E-state index in [1.165, 1.54) is 0 Å². The topological polar surface area (TPSA) is 59.4 Å². The molecule has 0 unspecified atom stereocenters. The number of alkyl halides is 6. The molecule has 106 valence electrons. The van der Waals surface area contributed by atoms with Crippen LogP contribution < -0.4 is 4.74 Å². The van der Waals surface area contributed by atoms with Crippen molar-refractivity contribution in [1.29, 1.82) is 0 Å². The summed E-state index contributed by atoms with van der Waals surface area (Å²) < 4.78 is 65.1. The molecule has 4 nitrogen and oxygen atoms in total. The number of halogens is 6. The first-order valence-corrected chi connectivity index (χ1v) is 5.05. The minimum Gasteiger partial charge on any atom is -0.477 e. The molecule has 0 aliphatic rings. The van der Waals surface area contributed by atoms with Crippen LogP contribution in [0, 0.1) is 0 Å². The van der Waals surface area contributed by atoms with Gasteiger partial charge in [0.2, 0.25) is 0 Å². The quantitative estimate of drug-likeness (QED) is 0.684. The Morgan fingerprint density at radius 1 is 1.47 bits per heavy atom. The van der Waals surface area contributed by atoms with Crippen molar-refractivity contribution < 1.29 is 36.6 Å². The number of carboxylic acids is 1. The van der Waals surface area contributed by atoms with Crippen LogP contribution in [0.15, 0.2) is 6.20 Å². The van der Waals surface area contributed by atoms with Crippen LogP contribution in [0.2, 0.25) is 0 Å². The van der Waals surface area contributed by atoms with Gasteiger partial charge in [-0.1, -0.05) is 0 Å². The van der Waals surface area contributed by atoms with Crippen molar-refractivity contribution in [3.63, 3.8) is 0 Å². The van der Waals surface area contributed by atoms with Crippen molar-refractivity contribution >= 4 is 17.6 Å². The highest BCUT2D eigenvalue weighted by Crippen LogP contribution is 2.35. The van der Waals surface area contributed by atoms with Crippen LogP contribution in [0.25, 0.3) is 0 Å². The molecule has 0 fully saturated rings. The van der Waals surface area contributed by atoms with Crippen LogP contribution >= 0.6 is 11.6 Å². The predicted molar refractivity (Wildman–Crippen MR) is 52.4 cm³/mol. The zero-order chi connectivity index (χ0) is 14.8. The number of carboxylic acid groups (broad SMARTS) is 1. The van der Waals surface area contributed by atoms with Crippen molar-refractivity contribution in [3.8, 4) is 5.75 Å². The number of carbonyl (C=O) groups is 1. The van der Waals surface area contributed by atoms with Crippen molar-refractivity contribution in [3.05, 3.63) is 23.0 Å². The van der Waals surface area contributed by atoms with E-state index in [-0.39, 0.29) is 0 Å². The molecule has 1 heterocycles. The molecule has 1 N–H and O–H groups in total. The van der Waals surface area contributed by atoms with Crippen molar-refractivity contribution in [2.45, 2.75) is 18.7 Å². The van der Waals surface area contributed by atoms with Crippen molar-refractivity contribution in [1.82, 2.24) is 4.98 Å². The fraction of sp³-hybridized carbons (Fsp3) is 0.333. The molecule has 0 spiro atoms. The first-order valence-electron chi connectivity index (χ1n) is 4.52. The SMILES string of the molecule is O=C(O)c1cnc(C(F)F)c(CCl)c1OC(F)(F)F. The van der Waals surface area contributed by atoms with E-state index >= 15 is 0 Å². The van der Waals surface area contributed by atoms with Crippen molar-refractivity contribution in [2.24, 2.45) is 0 Å². The van der Waals surface area contributed by atoms with E-state index in [0.29, 0.717) is 6.20 Å². The van der Waals surface area contributed by atoms with Gasteiger partial charge in [0.1, 0.15) is 11.3 Å². The molecule has 0 aliphatic carbocycles. The number of aromatic nitrogens is 1. The lowest BCUT2D eigenvalue weighted by atomic mass is 10.1. The van der Waals surface area contributed by atoms with Crippen LogP contribution in [-0.4, -0.2) is 22.4 Å². The van der Waals surface area contributed by atoms with Gasteiger partial charge in [-0.3, -0.25) is 4.98 Å². The standard InChI is InChI=1S/C9H5ClF5NO3/c10-1-3-5(7(11)12)16-2-4(8(17)18)6(3)19-9(13,14)15/h2,7H,1H2,(H,17,18). The van der Waals surface area contributed by atoms with Gasteiger partial charge in [-0.05, 0) is 0 Å². The second-order valence-electron chi connectivity index (χ2n) is 3.15. The number of nitrogens with zero attached hydrogens (tertiary/aromatic N) is 1. The number of hydrogen-bond donors (Lipinski definition) is 1. The lowest BCUT2D eigenvalue weighted by Crippen LogP contribution is -2.21. The number of rotatable bonds is 4. The molecule has 0 bridgehead atoms. The molecule has 0 atom stereocenters. The van der Waals surface area contributed by atoms with Gasteiger partial charge in [0.05, 0.1) is 5.88 Å². The maximum Gasteiger partial charge on any atom is 0.573 e. The first-order chi connectivity index (χ1) is 8.67. The molecule has 0 saturated heterocycles. The number of ether oxygens (including phenoxy) is 1. The van der Waals surface area contributed by atoms with E-state index < -0.39 is 47.2 Å². The summed E-state index contributed by atoms with van der Waals surface area (Å²) in [7, 11) is 0.